The van der Waals surface area contributed by atoms with E-state index >= 15 is 0 Å². The highest BCUT2D eigenvalue weighted by molar-refractivity contribution is 5.79. The first kappa shape index (κ1) is 19.8. The number of aliphatic imine (C=N–C) groups is 1. The normalized spacial score (nSPS) is 12.5. The van der Waals surface area contributed by atoms with Crippen LogP contribution in [-0.2, 0) is 17.9 Å². The zero-order valence-electron chi connectivity index (χ0n) is 16.1. The predicted octanol–water partition coefficient (Wildman–Crippen LogP) is 3.27. The monoisotopic (exact) mass is 355 g/mol. The summed E-state index contributed by atoms with van der Waals surface area (Å²) in [4.78, 5) is 4.27. The van der Waals surface area contributed by atoms with Gasteiger partial charge in [0.1, 0.15) is 11.9 Å². The molecule has 0 heterocycles. The molecular formula is C21H29N3O2. The van der Waals surface area contributed by atoms with Gasteiger partial charge in [0.05, 0.1) is 13.2 Å². The molecule has 0 spiro atoms. The van der Waals surface area contributed by atoms with E-state index in [4.69, 9.17) is 9.47 Å². The van der Waals surface area contributed by atoms with Gasteiger partial charge in [0.15, 0.2) is 5.96 Å². The van der Waals surface area contributed by atoms with Gasteiger partial charge in [0.2, 0.25) is 0 Å². The third-order valence-corrected chi connectivity index (χ3v) is 3.96. The number of nitrogens with one attached hydrogen (secondary N) is 2. The molecular weight excluding hydrogens is 326 g/mol. The van der Waals surface area contributed by atoms with Gasteiger partial charge in [-0.2, -0.15) is 0 Å². The minimum Gasteiger partial charge on any atom is -0.489 e. The molecule has 0 aliphatic heterocycles. The van der Waals surface area contributed by atoms with Crippen LogP contribution < -0.4 is 15.4 Å². The molecule has 5 nitrogen and oxygen atoms in total. The molecule has 0 saturated heterocycles. The average molecular weight is 355 g/mol. The molecule has 1 unspecified atom stereocenters. The molecule has 0 aliphatic carbocycles. The van der Waals surface area contributed by atoms with Crippen LogP contribution in [0.1, 0.15) is 23.6 Å². The molecule has 0 amide bonds. The Bertz CT molecular complexity index is 716. The predicted molar refractivity (Wildman–Crippen MR) is 107 cm³/mol. The van der Waals surface area contributed by atoms with E-state index in [2.05, 4.69) is 33.8 Å². The number of para-hydroxylation sites is 1. The molecule has 1 atom stereocenters. The van der Waals surface area contributed by atoms with E-state index in [1.54, 1.807) is 14.2 Å². The maximum Gasteiger partial charge on any atom is 0.191 e. The van der Waals surface area contributed by atoms with Crippen molar-refractivity contribution in [2.45, 2.75) is 33.1 Å². The average Bonchev–Trinajstić information content (AvgIpc) is 2.64. The second-order valence-electron chi connectivity index (χ2n) is 6.25. The van der Waals surface area contributed by atoms with Crippen molar-refractivity contribution in [3.8, 4) is 5.75 Å². The lowest BCUT2D eigenvalue weighted by molar-refractivity contribution is 0.185. The van der Waals surface area contributed by atoms with Gasteiger partial charge in [-0.3, -0.25) is 4.99 Å². The lowest BCUT2D eigenvalue weighted by atomic mass is 10.1. The van der Waals surface area contributed by atoms with Crippen LogP contribution in [0.2, 0.25) is 0 Å². The largest absolute Gasteiger partial charge is 0.489 e. The van der Waals surface area contributed by atoms with E-state index < -0.39 is 0 Å². The van der Waals surface area contributed by atoms with Crippen molar-refractivity contribution in [2.24, 2.45) is 4.99 Å². The minimum atomic E-state index is 0.0275. The van der Waals surface area contributed by atoms with Crippen LogP contribution in [0.5, 0.6) is 5.75 Å². The molecule has 2 N–H and O–H groups in total. The van der Waals surface area contributed by atoms with Crippen molar-refractivity contribution >= 4 is 5.96 Å². The number of aryl methyl sites for hydroxylation is 1. The number of guanidine groups is 1. The number of hydrogen-bond acceptors (Lipinski definition) is 3. The second kappa shape index (κ2) is 10.5. The number of ether oxygens (including phenoxy) is 2. The van der Waals surface area contributed by atoms with Crippen molar-refractivity contribution in [3.63, 3.8) is 0 Å². The Labute approximate surface area is 156 Å². The molecule has 2 aromatic rings. The lowest BCUT2D eigenvalue weighted by Crippen LogP contribution is -2.41. The molecule has 0 bridgehead atoms. The lowest BCUT2D eigenvalue weighted by Gasteiger charge is -2.19. The van der Waals surface area contributed by atoms with E-state index in [1.807, 2.05) is 44.2 Å². The Kier molecular flexibility index (Phi) is 7.96. The Morgan fingerprint density at radius 1 is 1.08 bits per heavy atom. The molecule has 26 heavy (non-hydrogen) atoms. The first-order valence-electron chi connectivity index (χ1n) is 8.86. The highest BCUT2D eigenvalue weighted by atomic mass is 16.5. The van der Waals surface area contributed by atoms with Gasteiger partial charge >= 0.3 is 0 Å². The summed E-state index contributed by atoms with van der Waals surface area (Å²) in [6.45, 7) is 6.07. The summed E-state index contributed by atoms with van der Waals surface area (Å²) in [6, 6.07) is 16.4. The second-order valence-corrected chi connectivity index (χ2v) is 6.25. The quantitative estimate of drug-likeness (QED) is 0.564. The molecule has 140 valence electrons. The topological polar surface area (TPSA) is 54.9 Å². The number of hydrogen-bond donors (Lipinski definition) is 2. The van der Waals surface area contributed by atoms with Crippen LogP contribution in [0.4, 0.5) is 0 Å². The van der Waals surface area contributed by atoms with Gasteiger partial charge in [-0.1, -0.05) is 42.5 Å². The maximum absolute atomic E-state index is 5.99. The maximum atomic E-state index is 5.99. The Balaban J connectivity index is 1.80. The van der Waals surface area contributed by atoms with Crippen LogP contribution >= 0.6 is 0 Å². The summed E-state index contributed by atoms with van der Waals surface area (Å²) in [6.07, 6.45) is 0.0275. The molecule has 0 aromatic heterocycles. The van der Waals surface area contributed by atoms with E-state index in [-0.39, 0.29) is 6.10 Å². The summed E-state index contributed by atoms with van der Waals surface area (Å²) in [5.74, 6) is 1.67. The van der Waals surface area contributed by atoms with Gasteiger partial charge in [0.25, 0.3) is 0 Å². The third-order valence-electron chi connectivity index (χ3n) is 3.96. The highest BCUT2D eigenvalue weighted by Crippen LogP contribution is 2.17. The van der Waals surface area contributed by atoms with Gasteiger partial charge in [-0.05, 0) is 36.6 Å². The van der Waals surface area contributed by atoms with Crippen LogP contribution in [0.15, 0.2) is 53.5 Å². The fourth-order valence-corrected chi connectivity index (χ4v) is 2.59. The van der Waals surface area contributed by atoms with Gasteiger partial charge in [-0.15, -0.1) is 0 Å². The summed E-state index contributed by atoms with van der Waals surface area (Å²) >= 11 is 0. The molecule has 5 heteroatoms. The Morgan fingerprint density at radius 3 is 2.58 bits per heavy atom. The number of rotatable bonds is 8. The SMILES string of the molecule is CN=C(NCc1cccc(COC)c1)NCC(C)Oc1ccccc1C. The van der Waals surface area contributed by atoms with Crippen molar-refractivity contribution in [1.29, 1.82) is 0 Å². The first-order valence-corrected chi connectivity index (χ1v) is 8.86. The first-order chi connectivity index (χ1) is 12.6. The summed E-state index contributed by atoms with van der Waals surface area (Å²) in [5, 5.41) is 6.64. The molecule has 2 aromatic carbocycles. The van der Waals surface area contributed by atoms with Crippen molar-refractivity contribution in [2.75, 3.05) is 20.7 Å². The minimum absolute atomic E-state index is 0.0275. The number of methoxy groups -OCH3 is 1. The zero-order valence-corrected chi connectivity index (χ0v) is 16.1. The Morgan fingerprint density at radius 2 is 1.85 bits per heavy atom. The van der Waals surface area contributed by atoms with Crippen LogP contribution in [0.25, 0.3) is 0 Å². The van der Waals surface area contributed by atoms with Crippen molar-refractivity contribution in [3.05, 3.63) is 65.2 Å². The van der Waals surface area contributed by atoms with Crippen LogP contribution in [-0.4, -0.2) is 32.8 Å². The van der Waals surface area contributed by atoms with E-state index in [0.717, 1.165) is 22.8 Å². The molecule has 0 aliphatic rings. The summed E-state index contributed by atoms with van der Waals surface area (Å²) in [5.41, 5.74) is 3.49. The zero-order chi connectivity index (χ0) is 18.8. The fourth-order valence-electron chi connectivity index (χ4n) is 2.59. The third kappa shape index (κ3) is 6.41. The molecule has 0 fully saturated rings. The molecule has 2 rings (SSSR count). The van der Waals surface area contributed by atoms with Gasteiger partial charge < -0.3 is 20.1 Å². The van der Waals surface area contributed by atoms with Crippen LogP contribution in [0.3, 0.4) is 0 Å². The summed E-state index contributed by atoms with van der Waals surface area (Å²) < 4.78 is 11.2. The summed E-state index contributed by atoms with van der Waals surface area (Å²) in [7, 11) is 3.47. The molecule has 0 saturated carbocycles. The van der Waals surface area contributed by atoms with Crippen molar-refractivity contribution in [1.82, 2.24) is 10.6 Å². The van der Waals surface area contributed by atoms with Gasteiger partial charge in [-0.25, -0.2) is 0 Å². The van der Waals surface area contributed by atoms with E-state index in [9.17, 15) is 0 Å². The van der Waals surface area contributed by atoms with Crippen LogP contribution in [0, 0.1) is 6.92 Å². The molecule has 0 radical (unpaired) electrons. The fraction of sp³-hybridized carbons (Fsp3) is 0.381. The standard InChI is InChI=1S/C21H29N3O2/c1-16-8-5-6-11-20(16)26-17(2)13-23-21(22-3)24-14-18-9-7-10-19(12-18)15-25-4/h5-12,17H,13-15H2,1-4H3,(H2,22,23,24). The van der Waals surface area contributed by atoms with Gasteiger partial charge in [0, 0.05) is 20.7 Å². The smallest absolute Gasteiger partial charge is 0.191 e. The highest BCUT2D eigenvalue weighted by Gasteiger charge is 2.07. The van der Waals surface area contributed by atoms with Crippen molar-refractivity contribution < 1.29 is 9.47 Å². The van der Waals surface area contributed by atoms with E-state index in [1.165, 1.54) is 5.56 Å². The Hall–Kier alpha value is -2.53. The number of nitrogens with zero attached hydrogens (tertiary/aromatic N) is 1. The van der Waals surface area contributed by atoms with E-state index in [0.29, 0.717) is 19.7 Å². The number of benzene rings is 2.